The number of hydrogen-bond acceptors (Lipinski definition) is 6. The van der Waals surface area contributed by atoms with Crippen molar-refractivity contribution in [2.24, 2.45) is 0 Å². The van der Waals surface area contributed by atoms with E-state index in [4.69, 9.17) is 14.9 Å². The van der Waals surface area contributed by atoms with E-state index < -0.39 is 24.5 Å². The second-order valence-corrected chi connectivity index (χ2v) is 12.6. The zero-order valence-electron chi connectivity index (χ0n) is 31.6. The molecule has 0 heterocycles. The summed E-state index contributed by atoms with van der Waals surface area (Å²) in [5.74, 6) is -2.45. The van der Waals surface area contributed by atoms with Crippen LogP contribution < -0.4 is 10.6 Å². The second kappa shape index (κ2) is 36.1. The van der Waals surface area contributed by atoms with Crippen LogP contribution in [0, 0.1) is 0 Å². The molecule has 0 spiro atoms. The molecule has 0 bridgehead atoms. The fourth-order valence-electron chi connectivity index (χ4n) is 5.00. The zero-order valence-corrected chi connectivity index (χ0v) is 31.6. The molecule has 9 nitrogen and oxygen atoms in total. The van der Waals surface area contributed by atoms with E-state index >= 15 is 0 Å². The molecule has 2 unspecified atom stereocenters. The van der Waals surface area contributed by atoms with Gasteiger partial charge in [-0.1, -0.05) is 119 Å². The van der Waals surface area contributed by atoms with Crippen LogP contribution in [-0.2, 0) is 23.9 Å². The van der Waals surface area contributed by atoms with Crippen molar-refractivity contribution in [1.82, 2.24) is 10.6 Å². The molecule has 0 aliphatic rings. The van der Waals surface area contributed by atoms with E-state index in [0.717, 1.165) is 109 Å². The summed E-state index contributed by atoms with van der Waals surface area (Å²) in [6.07, 6.45) is 44.2. The summed E-state index contributed by atoms with van der Waals surface area (Å²) in [7, 11) is 0. The van der Waals surface area contributed by atoms with Crippen LogP contribution in [0.25, 0.3) is 0 Å². The lowest BCUT2D eigenvalue weighted by Crippen LogP contribution is -2.47. The van der Waals surface area contributed by atoms with Gasteiger partial charge in [0, 0.05) is 12.8 Å². The van der Waals surface area contributed by atoms with E-state index in [1.165, 1.54) is 0 Å². The molecular formula is C42H68N2O7. The van der Waals surface area contributed by atoms with Crippen LogP contribution in [0.1, 0.15) is 142 Å². The van der Waals surface area contributed by atoms with Crippen LogP contribution in [0.4, 0.5) is 0 Å². The summed E-state index contributed by atoms with van der Waals surface area (Å²) in [6, 6.07) is -1.39. The molecule has 51 heavy (non-hydrogen) atoms. The highest BCUT2D eigenvalue weighted by Crippen LogP contribution is 2.16. The van der Waals surface area contributed by atoms with E-state index in [9.17, 15) is 19.2 Å². The Balaban J connectivity index is 3.93. The second-order valence-electron chi connectivity index (χ2n) is 12.6. The Morgan fingerprint density at radius 1 is 0.608 bits per heavy atom. The van der Waals surface area contributed by atoms with Crippen LogP contribution in [-0.4, -0.2) is 59.3 Å². The number of carboxylic acids is 1. The summed E-state index contributed by atoms with van der Waals surface area (Å²) in [6.45, 7) is 3.19. The predicted octanol–water partition coefficient (Wildman–Crippen LogP) is 8.76. The molecule has 0 aromatic carbocycles. The summed E-state index contributed by atoms with van der Waals surface area (Å²) >= 11 is 0. The fourth-order valence-corrected chi connectivity index (χ4v) is 5.00. The third-order valence-electron chi connectivity index (χ3n) is 7.97. The maximum atomic E-state index is 12.5. The van der Waals surface area contributed by atoms with E-state index in [-0.39, 0.29) is 30.9 Å². The van der Waals surface area contributed by atoms with Crippen LogP contribution in [0.15, 0.2) is 72.9 Å². The van der Waals surface area contributed by atoms with Gasteiger partial charge < -0.3 is 25.6 Å². The van der Waals surface area contributed by atoms with Crippen molar-refractivity contribution in [3.63, 3.8) is 0 Å². The fraction of sp³-hybridized carbons (Fsp3) is 0.619. The van der Waals surface area contributed by atoms with E-state index in [1.807, 2.05) is 0 Å². The van der Waals surface area contributed by atoms with Gasteiger partial charge >= 0.3 is 11.9 Å². The summed E-state index contributed by atoms with van der Waals surface area (Å²) in [5.41, 5.74) is 0. The van der Waals surface area contributed by atoms with Gasteiger partial charge in [0.1, 0.15) is 12.1 Å². The minimum absolute atomic E-state index is 0.100. The largest absolute Gasteiger partial charge is 0.480 e. The third kappa shape index (κ3) is 33.2. The molecule has 2 amide bonds. The number of nitrogens with one attached hydrogen (secondary N) is 2. The Labute approximate surface area is 308 Å². The predicted molar refractivity (Wildman–Crippen MR) is 208 cm³/mol. The third-order valence-corrected chi connectivity index (χ3v) is 7.97. The van der Waals surface area contributed by atoms with Crippen molar-refractivity contribution < 1.29 is 34.1 Å². The Kier molecular flexibility index (Phi) is 33.5. The SMILES string of the molecule is CC/C=C\C/C=C\C/C=C\C/C=C\C/C=C\C/C=C\CCCCCCC(=O)OC(CCCC)CCCCCC(=O)NCC(=O)NC(CO)C(=O)O. The van der Waals surface area contributed by atoms with Gasteiger partial charge in [-0.3, -0.25) is 14.4 Å². The van der Waals surface area contributed by atoms with Crippen molar-refractivity contribution in [2.75, 3.05) is 13.2 Å². The van der Waals surface area contributed by atoms with Crippen molar-refractivity contribution in [2.45, 2.75) is 154 Å². The van der Waals surface area contributed by atoms with Gasteiger partial charge in [-0.2, -0.15) is 0 Å². The first-order valence-electron chi connectivity index (χ1n) is 19.3. The molecule has 0 aromatic rings. The number of carbonyl (C=O) groups excluding carboxylic acids is 3. The number of aliphatic carboxylic acids is 1. The van der Waals surface area contributed by atoms with Crippen LogP contribution in [0.2, 0.25) is 0 Å². The molecular weight excluding hydrogens is 644 g/mol. The van der Waals surface area contributed by atoms with Crippen LogP contribution in [0.5, 0.6) is 0 Å². The number of unbranched alkanes of at least 4 members (excludes halogenated alkanes) is 7. The molecule has 0 aromatic heterocycles. The van der Waals surface area contributed by atoms with Gasteiger partial charge in [-0.25, -0.2) is 4.79 Å². The van der Waals surface area contributed by atoms with Crippen LogP contribution >= 0.6 is 0 Å². The summed E-state index contributed by atoms with van der Waals surface area (Å²) < 4.78 is 5.80. The van der Waals surface area contributed by atoms with Gasteiger partial charge in [-0.05, 0) is 83.5 Å². The molecule has 0 fully saturated rings. The maximum absolute atomic E-state index is 12.5. The van der Waals surface area contributed by atoms with Gasteiger partial charge in [0.2, 0.25) is 11.8 Å². The molecule has 0 saturated heterocycles. The first kappa shape index (κ1) is 47.3. The number of carbonyl (C=O) groups is 4. The highest BCUT2D eigenvalue weighted by molar-refractivity contribution is 5.87. The van der Waals surface area contributed by atoms with Gasteiger partial charge in [-0.15, -0.1) is 0 Å². The topological polar surface area (TPSA) is 142 Å². The average Bonchev–Trinajstić information content (AvgIpc) is 3.11. The Hall–Kier alpha value is -3.72. The van der Waals surface area contributed by atoms with E-state index in [0.29, 0.717) is 12.8 Å². The number of ether oxygens (including phenoxy) is 1. The number of carboxylic acid groups (broad SMARTS) is 1. The lowest BCUT2D eigenvalue weighted by Gasteiger charge is -2.18. The number of hydrogen-bond donors (Lipinski definition) is 4. The van der Waals surface area contributed by atoms with Crippen molar-refractivity contribution in [3.8, 4) is 0 Å². The van der Waals surface area contributed by atoms with Crippen molar-refractivity contribution >= 4 is 23.8 Å². The molecule has 2 atom stereocenters. The molecule has 0 aliphatic carbocycles. The minimum Gasteiger partial charge on any atom is -0.480 e. The summed E-state index contributed by atoms with van der Waals surface area (Å²) in [5, 5.41) is 22.4. The number of allylic oxidation sites excluding steroid dienone is 12. The van der Waals surface area contributed by atoms with Crippen molar-refractivity contribution in [1.29, 1.82) is 0 Å². The molecule has 4 N–H and O–H groups in total. The first-order valence-corrected chi connectivity index (χ1v) is 19.3. The quantitative estimate of drug-likeness (QED) is 0.0303. The lowest BCUT2D eigenvalue weighted by atomic mass is 10.0. The minimum atomic E-state index is -1.39. The maximum Gasteiger partial charge on any atom is 0.328 e. The van der Waals surface area contributed by atoms with E-state index in [1.54, 1.807) is 0 Å². The molecule has 0 aliphatic heterocycles. The van der Waals surface area contributed by atoms with Crippen molar-refractivity contribution in [3.05, 3.63) is 72.9 Å². The Morgan fingerprint density at radius 3 is 1.67 bits per heavy atom. The smallest absolute Gasteiger partial charge is 0.328 e. The molecule has 0 saturated carbocycles. The molecule has 0 rings (SSSR count). The summed E-state index contributed by atoms with van der Waals surface area (Å²) in [4.78, 5) is 47.1. The highest BCUT2D eigenvalue weighted by atomic mass is 16.5. The standard InChI is InChI=1S/C42H68N2O7/c1-3-5-7-8-9-10-11-12-13-14-15-16-17-18-19-20-21-22-23-24-25-26-30-34-41(48)51-37(31-6-4-2)32-28-27-29-33-39(46)43-35-40(47)44-38(36-45)42(49)50/h5,7,9-10,12-13,15-16,18-19,21-22,37-38,45H,3-4,6,8,11,14,17,20,23-36H2,1-2H3,(H,43,46)(H,44,47)(H,49,50)/b7-5-,10-9-,13-12-,16-15-,19-18-,22-21-. The monoisotopic (exact) mass is 713 g/mol. The normalized spacial score (nSPS) is 13.3. The number of amides is 2. The number of aliphatic hydroxyl groups excluding tert-OH is 1. The Bertz CT molecular complexity index is 1090. The highest BCUT2D eigenvalue weighted by Gasteiger charge is 2.19. The zero-order chi connectivity index (χ0) is 37.6. The number of aliphatic hydroxyl groups is 1. The average molecular weight is 713 g/mol. The first-order chi connectivity index (χ1) is 24.8. The number of esters is 1. The molecule has 0 radical (unpaired) electrons. The van der Waals surface area contributed by atoms with Gasteiger partial charge in [0.05, 0.1) is 13.2 Å². The van der Waals surface area contributed by atoms with Crippen LogP contribution in [0.3, 0.4) is 0 Å². The number of rotatable bonds is 33. The van der Waals surface area contributed by atoms with Gasteiger partial charge in [0.25, 0.3) is 0 Å². The Morgan fingerprint density at radius 2 is 1.12 bits per heavy atom. The van der Waals surface area contributed by atoms with Gasteiger partial charge in [0.15, 0.2) is 0 Å². The lowest BCUT2D eigenvalue weighted by molar-refractivity contribution is -0.150. The van der Waals surface area contributed by atoms with E-state index in [2.05, 4.69) is 97.4 Å². The molecule has 288 valence electrons. The molecule has 9 heteroatoms.